The van der Waals surface area contributed by atoms with Crippen molar-refractivity contribution in [3.05, 3.63) is 106 Å². The van der Waals surface area contributed by atoms with Gasteiger partial charge in [-0.3, -0.25) is 25.2 Å². The van der Waals surface area contributed by atoms with Crippen molar-refractivity contribution in [3.8, 4) is 0 Å². The SMILES string of the molecule is O=C(c1ccccc1)c1ccc(NOCc2ccccc2)c([N+](=O)[O-])c1. The number of nitro groups is 1. The monoisotopic (exact) mass is 348 g/mol. The van der Waals surface area contributed by atoms with Crippen LogP contribution in [0.3, 0.4) is 0 Å². The molecule has 0 aliphatic rings. The van der Waals surface area contributed by atoms with Gasteiger partial charge in [-0.05, 0) is 17.7 Å². The van der Waals surface area contributed by atoms with Crippen molar-refractivity contribution >= 4 is 17.2 Å². The lowest BCUT2D eigenvalue weighted by molar-refractivity contribution is -0.384. The number of carbonyl (C=O) groups excluding carboxylic acids is 1. The highest BCUT2D eigenvalue weighted by atomic mass is 16.6. The van der Waals surface area contributed by atoms with Crippen molar-refractivity contribution in [2.24, 2.45) is 0 Å². The molecule has 6 nitrogen and oxygen atoms in total. The Morgan fingerprint density at radius 3 is 2.23 bits per heavy atom. The van der Waals surface area contributed by atoms with Crippen molar-refractivity contribution in [1.29, 1.82) is 0 Å². The van der Waals surface area contributed by atoms with Gasteiger partial charge >= 0.3 is 0 Å². The second kappa shape index (κ2) is 8.04. The van der Waals surface area contributed by atoms with Crippen LogP contribution >= 0.6 is 0 Å². The summed E-state index contributed by atoms with van der Waals surface area (Å²) in [6.45, 7) is 0.253. The summed E-state index contributed by atoms with van der Waals surface area (Å²) >= 11 is 0. The minimum Gasteiger partial charge on any atom is -0.289 e. The maximum Gasteiger partial charge on any atom is 0.295 e. The standard InChI is InChI=1S/C20H16N2O4/c23-20(16-9-5-2-6-10-16)17-11-12-18(19(13-17)22(24)25)21-26-14-15-7-3-1-4-8-15/h1-13,21H,14H2. The van der Waals surface area contributed by atoms with Gasteiger partial charge in [0.25, 0.3) is 5.69 Å². The van der Waals surface area contributed by atoms with Crippen LogP contribution in [0.5, 0.6) is 0 Å². The third-order valence-corrected chi connectivity index (χ3v) is 3.76. The Labute approximate surface area is 150 Å². The normalized spacial score (nSPS) is 10.3. The highest BCUT2D eigenvalue weighted by Gasteiger charge is 2.18. The van der Waals surface area contributed by atoms with Gasteiger partial charge in [0.15, 0.2) is 5.78 Å². The number of carbonyl (C=O) groups is 1. The molecule has 3 rings (SSSR count). The first kappa shape index (κ1) is 17.3. The average molecular weight is 348 g/mol. The average Bonchev–Trinajstić information content (AvgIpc) is 2.69. The van der Waals surface area contributed by atoms with Crippen LogP contribution in [0.4, 0.5) is 11.4 Å². The van der Waals surface area contributed by atoms with Gasteiger partial charge in [-0.2, -0.15) is 0 Å². The van der Waals surface area contributed by atoms with Gasteiger partial charge in [0.1, 0.15) is 5.69 Å². The van der Waals surface area contributed by atoms with E-state index in [-0.39, 0.29) is 29.3 Å². The fourth-order valence-electron chi connectivity index (χ4n) is 2.44. The van der Waals surface area contributed by atoms with Crippen molar-refractivity contribution < 1.29 is 14.6 Å². The van der Waals surface area contributed by atoms with Crippen molar-refractivity contribution in [1.82, 2.24) is 0 Å². The van der Waals surface area contributed by atoms with Crippen LogP contribution in [0.15, 0.2) is 78.9 Å². The molecule has 26 heavy (non-hydrogen) atoms. The van der Waals surface area contributed by atoms with Gasteiger partial charge < -0.3 is 0 Å². The van der Waals surface area contributed by atoms with E-state index in [4.69, 9.17) is 4.84 Å². The quantitative estimate of drug-likeness (QED) is 0.389. The summed E-state index contributed by atoms with van der Waals surface area (Å²) in [5, 5.41) is 11.4. The lowest BCUT2D eigenvalue weighted by Gasteiger charge is -2.09. The van der Waals surface area contributed by atoms with Crippen LogP contribution < -0.4 is 5.48 Å². The van der Waals surface area contributed by atoms with Crippen LogP contribution in [0, 0.1) is 10.1 Å². The van der Waals surface area contributed by atoms with Gasteiger partial charge in [-0.25, -0.2) is 0 Å². The molecule has 130 valence electrons. The smallest absolute Gasteiger partial charge is 0.289 e. The molecule has 3 aromatic rings. The molecule has 0 bridgehead atoms. The van der Waals surface area contributed by atoms with Crippen LogP contribution in [-0.2, 0) is 11.4 Å². The molecule has 0 fully saturated rings. The van der Waals surface area contributed by atoms with Gasteiger partial charge in [0.2, 0.25) is 0 Å². The Morgan fingerprint density at radius 2 is 1.58 bits per heavy atom. The highest BCUT2D eigenvalue weighted by molar-refractivity contribution is 6.09. The third kappa shape index (κ3) is 4.12. The largest absolute Gasteiger partial charge is 0.295 e. The number of nitro benzene ring substituents is 1. The van der Waals surface area contributed by atoms with E-state index in [0.717, 1.165) is 5.56 Å². The van der Waals surface area contributed by atoms with Crippen LogP contribution in [0.25, 0.3) is 0 Å². The van der Waals surface area contributed by atoms with Crippen LogP contribution in [0.2, 0.25) is 0 Å². The molecule has 0 unspecified atom stereocenters. The summed E-state index contributed by atoms with van der Waals surface area (Å²) in [6, 6.07) is 22.3. The van der Waals surface area contributed by atoms with E-state index in [2.05, 4.69) is 5.48 Å². The molecule has 0 spiro atoms. The first-order valence-corrected chi connectivity index (χ1v) is 7.95. The summed E-state index contributed by atoms with van der Waals surface area (Å²) in [5.41, 5.74) is 4.21. The van der Waals surface area contributed by atoms with Crippen molar-refractivity contribution in [2.75, 3.05) is 5.48 Å². The van der Waals surface area contributed by atoms with Gasteiger partial charge in [-0.1, -0.05) is 60.7 Å². The number of rotatable bonds is 7. The Morgan fingerprint density at radius 1 is 0.923 bits per heavy atom. The first-order chi connectivity index (χ1) is 12.6. The van der Waals surface area contributed by atoms with E-state index in [9.17, 15) is 14.9 Å². The molecule has 0 radical (unpaired) electrons. The molecule has 0 saturated heterocycles. The number of hydrogen-bond acceptors (Lipinski definition) is 5. The molecule has 0 aliphatic carbocycles. The number of anilines is 1. The number of benzene rings is 3. The van der Waals surface area contributed by atoms with E-state index in [0.29, 0.717) is 5.56 Å². The molecule has 0 saturated carbocycles. The minimum absolute atomic E-state index is 0.190. The third-order valence-electron chi connectivity index (χ3n) is 3.76. The Balaban J connectivity index is 1.76. The van der Waals surface area contributed by atoms with Crippen LogP contribution in [-0.4, -0.2) is 10.7 Å². The van der Waals surface area contributed by atoms with E-state index >= 15 is 0 Å². The molecule has 0 aliphatic heterocycles. The number of nitrogens with one attached hydrogen (secondary N) is 1. The molecule has 0 atom stereocenters. The molecule has 0 aromatic heterocycles. The van der Waals surface area contributed by atoms with E-state index in [1.165, 1.54) is 18.2 Å². The summed E-state index contributed by atoms with van der Waals surface area (Å²) in [5.74, 6) is -0.273. The number of nitrogens with zero attached hydrogens (tertiary/aromatic N) is 1. The number of ketones is 1. The zero-order valence-electron chi connectivity index (χ0n) is 13.8. The van der Waals surface area contributed by atoms with Crippen molar-refractivity contribution in [2.45, 2.75) is 6.61 Å². The summed E-state index contributed by atoms with van der Waals surface area (Å²) in [6.07, 6.45) is 0. The molecule has 6 heteroatoms. The Bertz CT molecular complexity index is 912. The lowest BCUT2D eigenvalue weighted by Crippen LogP contribution is -2.07. The van der Waals surface area contributed by atoms with E-state index in [1.807, 2.05) is 30.3 Å². The lowest BCUT2D eigenvalue weighted by atomic mass is 10.0. The molecule has 0 heterocycles. The zero-order valence-corrected chi connectivity index (χ0v) is 13.8. The van der Waals surface area contributed by atoms with Crippen molar-refractivity contribution in [3.63, 3.8) is 0 Å². The fourth-order valence-corrected chi connectivity index (χ4v) is 2.44. The van der Waals surface area contributed by atoms with E-state index < -0.39 is 4.92 Å². The fraction of sp³-hybridized carbons (Fsp3) is 0.0500. The van der Waals surface area contributed by atoms with Crippen LogP contribution in [0.1, 0.15) is 21.5 Å². The Hall–Kier alpha value is -3.51. The Kier molecular flexibility index (Phi) is 5.36. The van der Waals surface area contributed by atoms with Gasteiger partial charge in [-0.15, -0.1) is 0 Å². The molecular formula is C20H16N2O4. The topological polar surface area (TPSA) is 81.5 Å². The van der Waals surface area contributed by atoms with Gasteiger partial charge in [0.05, 0.1) is 11.5 Å². The molecule has 3 aromatic carbocycles. The molecule has 0 amide bonds. The summed E-state index contributed by atoms with van der Waals surface area (Å²) in [4.78, 5) is 28.6. The molecular weight excluding hydrogens is 332 g/mol. The summed E-state index contributed by atoms with van der Waals surface area (Å²) in [7, 11) is 0. The maximum absolute atomic E-state index is 12.5. The predicted octanol–water partition coefficient (Wildman–Crippen LogP) is 4.37. The zero-order chi connectivity index (χ0) is 18.4. The molecule has 1 N–H and O–H groups in total. The minimum atomic E-state index is -0.546. The number of hydrogen-bond donors (Lipinski definition) is 1. The van der Waals surface area contributed by atoms with Gasteiger partial charge in [0, 0.05) is 17.2 Å². The summed E-state index contributed by atoms with van der Waals surface area (Å²) < 4.78 is 0. The second-order valence-electron chi connectivity index (χ2n) is 5.56. The highest BCUT2D eigenvalue weighted by Crippen LogP contribution is 2.27. The predicted molar refractivity (Wildman–Crippen MR) is 97.8 cm³/mol. The first-order valence-electron chi connectivity index (χ1n) is 7.95. The maximum atomic E-state index is 12.5. The van der Waals surface area contributed by atoms with E-state index in [1.54, 1.807) is 30.3 Å². The second-order valence-corrected chi connectivity index (χ2v) is 5.56.